The fourth-order valence-corrected chi connectivity index (χ4v) is 4.88. The number of aromatic nitrogens is 5. The number of carbonyl (C=O) groups excluding carboxylic acids is 1. The Morgan fingerprint density at radius 1 is 1.31 bits per heavy atom. The summed E-state index contributed by atoms with van der Waals surface area (Å²) in [5, 5.41) is 25.2. The van der Waals surface area contributed by atoms with Crippen molar-refractivity contribution in [2.45, 2.75) is 57.1 Å². The molecule has 1 aliphatic carbocycles. The Labute approximate surface area is 189 Å². The summed E-state index contributed by atoms with van der Waals surface area (Å²) >= 11 is 1.27. The van der Waals surface area contributed by atoms with E-state index in [4.69, 9.17) is 0 Å². The summed E-state index contributed by atoms with van der Waals surface area (Å²) < 4.78 is 17.4. The van der Waals surface area contributed by atoms with Crippen molar-refractivity contribution in [3.8, 4) is 11.8 Å². The fourth-order valence-electron chi connectivity index (χ4n) is 4.13. The van der Waals surface area contributed by atoms with Gasteiger partial charge in [0.25, 0.3) is 0 Å². The van der Waals surface area contributed by atoms with Gasteiger partial charge in [0.15, 0.2) is 0 Å². The van der Waals surface area contributed by atoms with E-state index in [0.29, 0.717) is 22.2 Å². The van der Waals surface area contributed by atoms with Crippen LogP contribution in [0, 0.1) is 31.0 Å². The van der Waals surface area contributed by atoms with E-state index in [1.54, 1.807) is 16.7 Å². The molecule has 0 atom stereocenters. The van der Waals surface area contributed by atoms with E-state index in [0.717, 1.165) is 36.9 Å². The summed E-state index contributed by atoms with van der Waals surface area (Å²) in [7, 11) is 0. The SMILES string of the molecule is Cc1c(C#N)c(NC(=O)CSc2nnnn2C2CCCCC2)n(-c2cccc(F)c2)c1C. The highest BCUT2D eigenvalue weighted by Crippen LogP contribution is 2.32. The zero-order valence-electron chi connectivity index (χ0n) is 18.0. The van der Waals surface area contributed by atoms with Crippen LogP contribution in [-0.4, -0.2) is 36.4 Å². The Morgan fingerprint density at radius 3 is 2.81 bits per heavy atom. The van der Waals surface area contributed by atoms with Crippen LogP contribution in [0.2, 0.25) is 0 Å². The van der Waals surface area contributed by atoms with Gasteiger partial charge in [0, 0.05) is 5.69 Å². The molecule has 2 heterocycles. The number of nitrogens with zero attached hydrogens (tertiary/aromatic N) is 6. The number of carbonyl (C=O) groups is 1. The molecule has 3 aromatic rings. The van der Waals surface area contributed by atoms with Crippen molar-refractivity contribution >= 4 is 23.5 Å². The lowest BCUT2D eigenvalue weighted by Gasteiger charge is -2.21. The number of amides is 1. The third-order valence-electron chi connectivity index (χ3n) is 5.87. The molecule has 4 rings (SSSR count). The van der Waals surface area contributed by atoms with E-state index in [1.165, 1.54) is 30.3 Å². The lowest BCUT2D eigenvalue weighted by Crippen LogP contribution is -2.19. The average molecular weight is 454 g/mol. The molecule has 1 aromatic carbocycles. The van der Waals surface area contributed by atoms with Crippen molar-refractivity contribution in [2.75, 3.05) is 11.1 Å². The first-order valence-corrected chi connectivity index (χ1v) is 11.6. The molecule has 0 unspecified atom stereocenters. The zero-order chi connectivity index (χ0) is 22.7. The molecule has 1 saturated carbocycles. The van der Waals surface area contributed by atoms with E-state index in [-0.39, 0.29) is 17.7 Å². The molecule has 0 aliphatic heterocycles. The highest BCUT2D eigenvalue weighted by atomic mass is 32.2. The van der Waals surface area contributed by atoms with E-state index < -0.39 is 5.82 Å². The largest absolute Gasteiger partial charge is 0.310 e. The average Bonchev–Trinajstić information content (AvgIpc) is 3.35. The number of nitriles is 1. The summed E-state index contributed by atoms with van der Waals surface area (Å²) in [6.45, 7) is 3.65. The minimum absolute atomic E-state index is 0.0877. The Bertz CT molecular complexity index is 1170. The first kappa shape index (κ1) is 22.0. The minimum atomic E-state index is -0.394. The van der Waals surface area contributed by atoms with Gasteiger partial charge in [-0.2, -0.15) is 5.26 Å². The second kappa shape index (κ2) is 9.53. The number of rotatable bonds is 6. The van der Waals surface area contributed by atoms with Crippen LogP contribution in [0.15, 0.2) is 29.4 Å². The first-order valence-electron chi connectivity index (χ1n) is 10.6. The first-order chi connectivity index (χ1) is 15.5. The monoisotopic (exact) mass is 453 g/mol. The maximum absolute atomic E-state index is 13.8. The smallest absolute Gasteiger partial charge is 0.236 e. The Kier molecular flexibility index (Phi) is 6.55. The lowest BCUT2D eigenvalue weighted by atomic mass is 9.96. The molecule has 2 aromatic heterocycles. The molecule has 0 radical (unpaired) electrons. The molecule has 1 amide bonds. The maximum Gasteiger partial charge on any atom is 0.236 e. The molecular formula is C22H24FN7OS. The molecule has 0 saturated heterocycles. The van der Waals surface area contributed by atoms with Crippen LogP contribution in [0.5, 0.6) is 0 Å². The topological polar surface area (TPSA) is 101 Å². The van der Waals surface area contributed by atoms with E-state index in [9.17, 15) is 14.4 Å². The second-order valence-electron chi connectivity index (χ2n) is 7.90. The number of hydrogen-bond donors (Lipinski definition) is 1. The molecule has 1 N–H and O–H groups in total. The van der Waals surface area contributed by atoms with Crippen molar-refractivity contribution in [1.82, 2.24) is 24.8 Å². The third-order valence-corrected chi connectivity index (χ3v) is 6.80. The van der Waals surface area contributed by atoms with Crippen molar-refractivity contribution in [3.63, 3.8) is 0 Å². The van der Waals surface area contributed by atoms with Crippen LogP contribution in [0.4, 0.5) is 10.2 Å². The van der Waals surface area contributed by atoms with Crippen molar-refractivity contribution in [1.29, 1.82) is 5.26 Å². The number of anilines is 1. The van der Waals surface area contributed by atoms with Crippen molar-refractivity contribution < 1.29 is 9.18 Å². The normalized spacial score (nSPS) is 14.3. The van der Waals surface area contributed by atoms with E-state index in [2.05, 4.69) is 26.9 Å². The summed E-state index contributed by atoms with van der Waals surface area (Å²) in [5.74, 6) is -0.260. The summed E-state index contributed by atoms with van der Waals surface area (Å²) in [4.78, 5) is 12.8. The number of tetrazole rings is 1. The maximum atomic E-state index is 13.8. The van der Waals surface area contributed by atoms with Gasteiger partial charge in [-0.05, 0) is 60.9 Å². The Hall–Kier alpha value is -3.19. The van der Waals surface area contributed by atoms with Crippen LogP contribution < -0.4 is 5.32 Å². The Balaban J connectivity index is 1.54. The number of nitrogens with one attached hydrogen (secondary N) is 1. The molecule has 1 aliphatic rings. The van der Waals surface area contributed by atoms with Crippen LogP contribution in [-0.2, 0) is 4.79 Å². The molecule has 0 bridgehead atoms. The van der Waals surface area contributed by atoms with Crippen LogP contribution >= 0.6 is 11.8 Å². The zero-order valence-corrected chi connectivity index (χ0v) is 18.8. The molecular weight excluding hydrogens is 429 g/mol. The molecule has 32 heavy (non-hydrogen) atoms. The number of thioether (sulfide) groups is 1. The van der Waals surface area contributed by atoms with Crippen LogP contribution in [0.3, 0.4) is 0 Å². The van der Waals surface area contributed by atoms with Gasteiger partial charge in [-0.25, -0.2) is 9.07 Å². The van der Waals surface area contributed by atoms with Gasteiger partial charge in [0.2, 0.25) is 11.1 Å². The number of halogens is 1. The third kappa shape index (κ3) is 4.39. The molecule has 10 heteroatoms. The van der Waals surface area contributed by atoms with Gasteiger partial charge >= 0.3 is 0 Å². The van der Waals surface area contributed by atoms with Gasteiger partial charge in [0.1, 0.15) is 17.7 Å². The van der Waals surface area contributed by atoms with E-state index in [1.807, 2.05) is 18.5 Å². The van der Waals surface area contributed by atoms with Gasteiger partial charge in [-0.15, -0.1) is 5.10 Å². The minimum Gasteiger partial charge on any atom is -0.310 e. The summed E-state index contributed by atoms with van der Waals surface area (Å²) in [5.41, 5.74) is 2.39. The second-order valence-corrected chi connectivity index (χ2v) is 8.84. The summed E-state index contributed by atoms with van der Waals surface area (Å²) in [6, 6.07) is 8.49. The Morgan fingerprint density at radius 2 is 2.09 bits per heavy atom. The van der Waals surface area contributed by atoms with Crippen LogP contribution in [0.1, 0.15) is 55.0 Å². The number of hydrogen-bond acceptors (Lipinski definition) is 6. The molecule has 0 spiro atoms. The fraction of sp³-hybridized carbons (Fsp3) is 0.409. The highest BCUT2D eigenvalue weighted by molar-refractivity contribution is 7.99. The van der Waals surface area contributed by atoms with Gasteiger partial charge in [-0.3, -0.25) is 9.36 Å². The highest BCUT2D eigenvalue weighted by Gasteiger charge is 2.23. The standard InChI is InChI=1S/C22H24FN7OS/c1-14-15(2)29(18-10-6-7-16(23)11-18)21(19(14)12-24)25-20(31)13-32-22-26-27-28-30(22)17-8-4-3-5-9-17/h6-7,10-11,17H,3-5,8-9,13H2,1-2H3,(H,25,31). The molecule has 1 fully saturated rings. The van der Waals surface area contributed by atoms with Gasteiger partial charge in [0.05, 0.1) is 23.0 Å². The predicted octanol–water partition coefficient (Wildman–Crippen LogP) is 4.33. The summed E-state index contributed by atoms with van der Waals surface area (Å²) in [6.07, 6.45) is 5.62. The quantitative estimate of drug-likeness (QED) is 0.558. The molecule has 8 nitrogen and oxygen atoms in total. The van der Waals surface area contributed by atoms with Crippen molar-refractivity contribution in [3.05, 3.63) is 46.9 Å². The lowest BCUT2D eigenvalue weighted by molar-refractivity contribution is -0.113. The van der Waals surface area contributed by atoms with Crippen LogP contribution in [0.25, 0.3) is 5.69 Å². The number of benzene rings is 1. The molecule has 166 valence electrons. The van der Waals surface area contributed by atoms with Gasteiger partial charge < -0.3 is 5.32 Å². The van der Waals surface area contributed by atoms with E-state index >= 15 is 0 Å². The predicted molar refractivity (Wildman–Crippen MR) is 119 cm³/mol. The van der Waals surface area contributed by atoms with Crippen molar-refractivity contribution in [2.24, 2.45) is 0 Å². The van der Waals surface area contributed by atoms with Gasteiger partial charge in [-0.1, -0.05) is 37.1 Å².